The number of nitrogens with zero attached hydrogens (tertiary/aromatic N) is 1. The van der Waals surface area contributed by atoms with Crippen molar-refractivity contribution in [1.82, 2.24) is 9.88 Å². The van der Waals surface area contributed by atoms with Crippen LogP contribution in [0.4, 0.5) is 4.39 Å². The Morgan fingerprint density at radius 2 is 2.16 bits per heavy atom. The largest absolute Gasteiger partial charge is 0.494 e. The van der Waals surface area contributed by atoms with Crippen molar-refractivity contribution in [3.8, 4) is 5.75 Å². The van der Waals surface area contributed by atoms with E-state index in [2.05, 4.69) is 12.2 Å². The molecule has 0 saturated carbocycles. The van der Waals surface area contributed by atoms with E-state index in [9.17, 15) is 4.39 Å². The van der Waals surface area contributed by atoms with E-state index in [0.29, 0.717) is 12.1 Å². The molecule has 0 unspecified atom stereocenters. The van der Waals surface area contributed by atoms with Gasteiger partial charge in [0.1, 0.15) is 0 Å². The van der Waals surface area contributed by atoms with Gasteiger partial charge in [-0.05, 0) is 24.2 Å². The molecule has 1 aromatic carbocycles. The summed E-state index contributed by atoms with van der Waals surface area (Å²) in [7, 11) is 1.48. The van der Waals surface area contributed by atoms with Crippen LogP contribution >= 0.6 is 0 Å². The number of rotatable bonds is 6. The van der Waals surface area contributed by atoms with Crippen LogP contribution in [0.2, 0.25) is 0 Å². The first-order chi connectivity index (χ1) is 9.24. The number of hydrogen-bond donors (Lipinski definition) is 1. The first-order valence-electron chi connectivity index (χ1n) is 6.41. The van der Waals surface area contributed by atoms with E-state index in [4.69, 9.17) is 4.74 Å². The van der Waals surface area contributed by atoms with Gasteiger partial charge in [0.05, 0.1) is 13.7 Å². The zero-order chi connectivity index (χ0) is 13.7. The van der Waals surface area contributed by atoms with Crippen LogP contribution in [0.5, 0.6) is 5.75 Å². The van der Waals surface area contributed by atoms with E-state index in [-0.39, 0.29) is 11.6 Å². The van der Waals surface area contributed by atoms with Crippen LogP contribution < -0.4 is 10.1 Å². The molecular weight excluding hydrogens is 243 g/mol. The van der Waals surface area contributed by atoms with Crippen LogP contribution in [-0.4, -0.2) is 18.2 Å². The molecule has 3 nitrogen and oxygen atoms in total. The van der Waals surface area contributed by atoms with E-state index in [1.807, 2.05) is 23.0 Å². The Kier molecular flexibility index (Phi) is 4.58. The second-order valence-electron chi connectivity index (χ2n) is 4.41. The van der Waals surface area contributed by atoms with Gasteiger partial charge in [-0.15, -0.1) is 0 Å². The van der Waals surface area contributed by atoms with Crippen LogP contribution in [-0.2, 0) is 13.1 Å². The van der Waals surface area contributed by atoms with Gasteiger partial charge in [-0.3, -0.25) is 0 Å². The first-order valence-corrected chi connectivity index (χ1v) is 6.41. The van der Waals surface area contributed by atoms with Crippen molar-refractivity contribution in [2.75, 3.05) is 13.7 Å². The van der Waals surface area contributed by atoms with E-state index >= 15 is 0 Å². The van der Waals surface area contributed by atoms with Crippen molar-refractivity contribution in [1.29, 1.82) is 0 Å². The van der Waals surface area contributed by atoms with E-state index in [0.717, 1.165) is 13.1 Å². The third kappa shape index (κ3) is 3.35. The van der Waals surface area contributed by atoms with Crippen molar-refractivity contribution < 1.29 is 9.13 Å². The zero-order valence-electron chi connectivity index (χ0n) is 11.3. The van der Waals surface area contributed by atoms with Crippen molar-refractivity contribution in [3.63, 3.8) is 0 Å². The predicted molar refractivity (Wildman–Crippen MR) is 73.9 cm³/mol. The minimum Gasteiger partial charge on any atom is -0.494 e. The summed E-state index contributed by atoms with van der Waals surface area (Å²) in [5.41, 5.74) is 1.83. The summed E-state index contributed by atoms with van der Waals surface area (Å²) < 4.78 is 21.0. The summed E-state index contributed by atoms with van der Waals surface area (Å²) in [5.74, 6) is 0.00413. The number of benzene rings is 1. The number of halogens is 1. The molecule has 0 aliphatic carbocycles. The molecule has 0 radical (unpaired) electrons. The lowest BCUT2D eigenvalue weighted by Crippen LogP contribution is -2.11. The average Bonchev–Trinajstić information content (AvgIpc) is 2.86. The van der Waals surface area contributed by atoms with Gasteiger partial charge in [-0.2, -0.15) is 0 Å². The lowest BCUT2D eigenvalue weighted by Gasteiger charge is -2.08. The van der Waals surface area contributed by atoms with Crippen LogP contribution in [0.25, 0.3) is 0 Å². The highest BCUT2D eigenvalue weighted by molar-refractivity contribution is 5.31. The van der Waals surface area contributed by atoms with Crippen LogP contribution in [0, 0.1) is 5.82 Å². The molecule has 0 atom stereocenters. The Hall–Kier alpha value is -1.81. The van der Waals surface area contributed by atoms with Gasteiger partial charge in [0, 0.05) is 24.5 Å². The molecule has 2 aromatic rings. The normalized spacial score (nSPS) is 10.7. The standard InChI is InChI=1S/C15H19FN2O/c1-3-17-9-12-7-8-18(10-12)11-13-5-4-6-14(19-2)15(13)16/h4-8,10,17H,3,9,11H2,1-2H3. The summed E-state index contributed by atoms with van der Waals surface area (Å²) in [4.78, 5) is 0. The quantitative estimate of drug-likeness (QED) is 0.866. The summed E-state index contributed by atoms with van der Waals surface area (Å²) in [6.45, 7) is 4.36. The molecule has 0 aliphatic rings. The Labute approximate surface area is 113 Å². The van der Waals surface area contributed by atoms with Crippen LogP contribution in [0.3, 0.4) is 0 Å². The van der Waals surface area contributed by atoms with Crippen LogP contribution in [0.15, 0.2) is 36.7 Å². The number of methoxy groups -OCH3 is 1. The molecule has 1 heterocycles. The van der Waals surface area contributed by atoms with E-state index in [1.165, 1.54) is 12.7 Å². The zero-order valence-corrected chi connectivity index (χ0v) is 11.3. The highest BCUT2D eigenvalue weighted by atomic mass is 19.1. The summed E-state index contributed by atoms with van der Waals surface area (Å²) >= 11 is 0. The summed E-state index contributed by atoms with van der Waals surface area (Å²) in [6.07, 6.45) is 3.99. The molecule has 1 aromatic heterocycles. The van der Waals surface area contributed by atoms with Gasteiger partial charge in [0.2, 0.25) is 0 Å². The van der Waals surface area contributed by atoms with Gasteiger partial charge in [-0.25, -0.2) is 4.39 Å². The molecule has 0 fully saturated rings. The topological polar surface area (TPSA) is 26.2 Å². The van der Waals surface area contributed by atoms with Gasteiger partial charge < -0.3 is 14.6 Å². The molecular formula is C15H19FN2O. The number of nitrogens with one attached hydrogen (secondary N) is 1. The molecule has 0 amide bonds. The van der Waals surface area contributed by atoms with Crippen molar-refractivity contribution in [3.05, 3.63) is 53.6 Å². The Morgan fingerprint density at radius 1 is 1.32 bits per heavy atom. The molecule has 2 rings (SSSR count). The molecule has 1 N–H and O–H groups in total. The molecule has 19 heavy (non-hydrogen) atoms. The maximum absolute atomic E-state index is 14.0. The number of aromatic nitrogens is 1. The molecule has 0 saturated heterocycles. The summed E-state index contributed by atoms with van der Waals surface area (Å²) in [5, 5.41) is 3.26. The third-order valence-corrected chi connectivity index (χ3v) is 3.01. The summed E-state index contributed by atoms with van der Waals surface area (Å²) in [6, 6.07) is 7.26. The highest BCUT2D eigenvalue weighted by Crippen LogP contribution is 2.20. The first kappa shape index (κ1) is 13.6. The Balaban J connectivity index is 2.10. The molecule has 102 valence electrons. The smallest absolute Gasteiger partial charge is 0.170 e. The van der Waals surface area contributed by atoms with Gasteiger partial charge >= 0.3 is 0 Å². The maximum atomic E-state index is 14.0. The predicted octanol–water partition coefficient (Wildman–Crippen LogP) is 2.79. The maximum Gasteiger partial charge on any atom is 0.170 e. The molecule has 0 bridgehead atoms. The van der Waals surface area contributed by atoms with Gasteiger partial charge in [0.25, 0.3) is 0 Å². The van der Waals surface area contributed by atoms with Gasteiger partial charge in [0.15, 0.2) is 11.6 Å². The van der Waals surface area contributed by atoms with Gasteiger partial charge in [-0.1, -0.05) is 19.1 Å². The minimum absolute atomic E-state index is 0.285. The monoisotopic (exact) mass is 262 g/mol. The second-order valence-corrected chi connectivity index (χ2v) is 4.41. The van der Waals surface area contributed by atoms with Crippen molar-refractivity contribution in [2.45, 2.75) is 20.0 Å². The van der Waals surface area contributed by atoms with Crippen LogP contribution in [0.1, 0.15) is 18.1 Å². The second kappa shape index (κ2) is 6.38. The fourth-order valence-electron chi connectivity index (χ4n) is 2.00. The third-order valence-electron chi connectivity index (χ3n) is 3.01. The fraction of sp³-hybridized carbons (Fsp3) is 0.333. The highest BCUT2D eigenvalue weighted by Gasteiger charge is 2.08. The lowest BCUT2D eigenvalue weighted by atomic mass is 10.2. The van der Waals surface area contributed by atoms with E-state index < -0.39 is 0 Å². The Bertz CT molecular complexity index is 537. The minimum atomic E-state index is -0.285. The SMILES string of the molecule is CCNCc1ccn(Cc2cccc(OC)c2F)c1. The fourth-order valence-corrected chi connectivity index (χ4v) is 2.00. The Morgan fingerprint density at radius 3 is 2.89 bits per heavy atom. The van der Waals surface area contributed by atoms with Crippen molar-refractivity contribution in [2.24, 2.45) is 0 Å². The molecule has 4 heteroatoms. The van der Waals surface area contributed by atoms with E-state index in [1.54, 1.807) is 18.2 Å². The number of ether oxygens (including phenoxy) is 1. The molecule has 0 spiro atoms. The molecule has 0 aliphatic heterocycles. The lowest BCUT2D eigenvalue weighted by molar-refractivity contribution is 0.383. The van der Waals surface area contributed by atoms with Crippen molar-refractivity contribution >= 4 is 0 Å². The average molecular weight is 262 g/mol. The number of hydrogen-bond acceptors (Lipinski definition) is 2.